The Morgan fingerprint density at radius 2 is 2.33 bits per heavy atom. The van der Waals surface area contributed by atoms with Crippen molar-refractivity contribution >= 4 is 16.0 Å². The molecule has 0 aliphatic carbocycles. The molecule has 0 atom stereocenters. The van der Waals surface area contributed by atoms with Crippen LogP contribution >= 0.6 is 0 Å². The molecule has 0 radical (unpaired) electrons. The maximum atomic E-state index is 11.4. The Bertz CT molecular complexity index is 425. The summed E-state index contributed by atoms with van der Waals surface area (Å²) in [6, 6.07) is 0. The highest BCUT2D eigenvalue weighted by atomic mass is 32.2. The predicted molar refractivity (Wildman–Crippen MR) is 51.5 cm³/mol. The maximum absolute atomic E-state index is 11.4. The topological polar surface area (TPSA) is 103 Å². The van der Waals surface area contributed by atoms with Crippen LogP contribution in [0, 0.1) is 0 Å². The Labute approximate surface area is 86.8 Å². The number of hydrogen-bond donors (Lipinski definition) is 2. The zero-order valence-electron chi connectivity index (χ0n) is 8.04. The molecule has 0 aliphatic heterocycles. The summed E-state index contributed by atoms with van der Waals surface area (Å²) >= 11 is 0. The molecule has 0 bridgehead atoms. The summed E-state index contributed by atoms with van der Waals surface area (Å²) in [7, 11) is -2.42. The van der Waals surface area contributed by atoms with Crippen molar-refractivity contribution < 1.29 is 18.3 Å². The van der Waals surface area contributed by atoms with E-state index in [1.54, 1.807) is 6.20 Å². The zero-order valence-corrected chi connectivity index (χ0v) is 8.86. The van der Waals surface area contributed by atoms with Crippen LogP contribution in [0.15, 0.2) is 12.4 Å². The van der Waals surface area contributed by atoms with E-state index >= 15 is 0 Å². The van der Waals surface area contributed by atoms with Crippen molar-refractivity contribution in [2.24, 2.45) is 0 Å². The van der Waals surface area contributed by atoms with Crippen LogP contribution in [0.2, 0.25) is 0 Å². The molecule has 8 heteroatoms. The first-order valence-corrected chi connectivity index (χ1v) is 5.66. The van der Waals surface area contributed by atoms with E-state index in [9.17, 15) is 13.2 Å². The standard InChI is InChI=1S/C7H11N3O4S/c1-10(4-6-2-8-9-3-6)15(13,14)5-7(11)12/h2-3H,4-5H2,1H3,(H,8,9)(H,11,12). The molecule has 7 nitrogen and oxygen atoms in total. The van der Waals surface area contributed by atoms with Gasteiger partial charge < -0.3 is 5.11 Å². The molecule has 0 saturated heterocycles. The Morgan fingerprint density at radius 3 is 2.80 bits per heavy atom. The molecule has 0 aliphatic rings. The van der Waals surface area contributed by atoms with Crippen LogP contribution in [-0.2, 0) is 21.4 Å². The van der Waals surface area contributed by atoms with Gasteiger partial charge in [-0.05, 0) is 0 Å². The molecule has 0 spiro atoms. The van der Waals surface area contributed by atoms with Crippen LogP contribution in [0.1, 0.15) is 5.56 Å². The number of carboxylic acids is 1. The molecule has 0 fully saturated rings. The van der Waals surface area contributed by atoms with E-state index in [1.807, 2.05) is 0 Å². The number of carboxylic acid groups (broad SMARTS) is 1. The van der Waals surface area contributed by atoms with Gasteiger partial charge in [0.05, 0.1) is 6.20 Å². The molecule has 0 amide bonds. The van der Waals surface area contributed by atoms with Crippen LogP contribution in [0.5, 0.6) is 0 Å². The monoisotopic (exact) mass is 233 g/mol. The number of aliphatic carboxylic acids is 1. The lowest BCUT2D eigenvalue weighted by Crippen LogP contribution is -2.31. The summed E-state index contributed by atoms with van der Waals surface area (Å²) in [5.41, 5.74) is 0.673. The molecule has 84 valence electrons. The average molecular weight is 233 g/mol. The summed E-state index contributed by atoms with van der Waals surface area (Å²) in [4.78, 5) is 10.3. The molecule has 2 N–H and O–H groups in total. The number of nitrogens with one attached hydrogen (secondary N) is 1. The van der Waals surface area contributed by atoms with Crippen molar-refractivity contribution in [2.75, 3.05) is 12.8 Å². The first-order valence-electron chi connectivity index (χ1n) is 4.05. The number of rotatable bonds is 5. The molecule has 15 heavy (non-hydrogen) atoms. The molecule has 0 unspecified atom stereocenters. The third-order valence-corrected chi connectivity index (χ3v) is 3.43. The summed E-state index contributed by atoms with van der Waals surface area (Å²) in [5, 5.41) is 14.6. The zero-order chi connectivity index (χ0) is 11.5. The van der Waals surface area contributed by atoms with Gasteiger partial charge >= 0.3 is 5.97 Å². The predicted octanol–water partition coefficient (Wildman–Crippen LogP) is -0.744. The SMILES string of the molecule is CN(Cc1cn[nH]c1)S(=O)(=O)CC(=O)O. The van der Waals surface area contributed by atoms with E-state index in [2.05, 4.69) is 10.2 Å². The van der Waals surface area contributed by atoms with Crippen molar-refractivity contribution in [3.8, 4) is 0 Å². The maximum Gasteiger partial charge on any atom is 0.320 e. The Kier molecular flexibility index (Phi) is 3.43. The van der Waals surface area contributed by atoms with Crippen LogP contribution in [0.25, 0.3) is 0 Å². The van der Waals surface area contributed by atoms with Gasteiger partial charge in [-0.15, -0.1) is 0 Å². The number of carbonyl (C=O) groups is 1. The van der Waals surface area contributed by atoms with E-state index in [-0.39, 0.29) is 6.54 Å². The minimum Gasteiger partial charge on any atom is -0.480 e. The minimum atomic E-state index is -3.74. The lowest BCUT2D eigenvalue weighted by molar-refractivity contribution is -0.134. The van der Waals surface area contributed by atoms with Crippen molar-refractivity contribution in [2.45, 2.75) is 6.54 Å². The van der Waals surface area contributed by atoms with Gasteiger partial charge in [-0.25, -0.2) is 8.42 Å². The van der Waals surface area contributed by atoms with E-state index < -0.39 is 21.7 Å². The number of aromatic nitrogens is 2. The van der Waals surface area contributed by atoms with Crippen LogP contribution in [0.4, 0.5) is 0 Å². The largest absolute Gasteiger partial charge is 0.480 e. The normalized spacial score (nSPS) is 11.9. The van der Waals surface area contributed by atoms with E-state index in [4.69, 9.17) is 5.11 Å². The van der Waals surface area contributed by atoms with Crippen molar-refractivity contribution in [1.82, 2.24) is 14.5 Å². The Hall–Kier alpha value is -1.41. The highest BCUT2D eigenvalue weighted by Gasteiger charge is 2.21. The molecule has 0 saturated carbocycles. The number of H-pyrrole nitrogens is 1. The molecule has 1 rings (SSSR count). The second kappa shape index (κ2) is 4.41. The number of sulfonamides is 1. The first kappa shape index (κ1) is 11.7. The van der Waals surface area contributed by atoms with Crippen LogP contribution < -0.4 is 0 Å². The van der Waals surface area contributed by atoms with Gasteiger partial charge in [0.2, 0.25) is 10.0 Å². The average Bonchev–Trinajstić information content (AvgIpc) is 2.54. The summed E-state index contributed by atoms with van der Waals surface area (Å²) in [6.45, 7) is 0.103. The Morgan fingerprint density at radius 1 is 1.67 bits per heavy atom. The number of aromatic amines is 1. The quantitative estimate of drug-likeness (QED) is 0.696. The lowest BCUT2D eigenvalue weighted by Gasteiger charge is -2.14. The smallest absolute Gasteiger partial charge is 0.320 e. The highest BCUT2D eigenvalue weighted by Crippen LogP contribution is 2.05. The van der Waals surface area contributed by atoms with Gasteiger partial charge in [0.25, 0.3) is 0 Å². The summed E-state index contributed by atoms with van der Waals surface area (Å²) in [5.74, 6) is -2.27. The second-order valence-corrected chi connectivity index (χ2v) is 5.09. The van der Waals surface area contributed by atoms with E-state index in [0.29, 0.717) is 5.56 Å². The van der Waals surface area contributed by atoms with Crippen molar-refractivity contribution in [1.29, 1.82) is 0 Å². The van der Waals surface area contributed by atoms with Crippen LogP contribution in [-0.4, -0.2) is 46.8 Å². The van der Waals surface area contributed by atoms with Gasteiger partial charge in [0, 0.05) is 25.4 Å². The van der Waals surface area contributed by atoms with E-state index in [1.165, 1.54) is 13.2 Å². The summed E-state index contributed by atoms with van der Waals surface area (Å²) in [6.07, 6.45) is 3.03. The third-order valence-electron chi connectivity index (χ3n) is 1.74. The molecule has 0 aromatic carbocycles. The number of hydrogen-bond acceptors (Lipinski definition) is 4. The van der Waals surface area contributed by atoms with Gasteiger partial charge in [-0.2, -0.15) is 9.40 Å². The first-order chi connectivity index (χ1) is 6.92. The lowest BCUT2D eigenvalue weighted by atomic mass is 10.4. The highest BCUT2D eigenvalue weighted by molar-refractivity contribution is 7.89. The minimum absolute atomic E-state index is 0.103. The third kappa shape index (κ3) is 3.33. The summed E-state index contributed by atoms with van der Waals surface area (Å²) < 4.78 is 23.7. The number of nitrogens with zero attached hydrogens (tertiary/aromatic N) is 2. The van der Waals surface area contributed by atoms with Gasteiger partial charge in [-0.3, -0.25) is 9.89 Å². The fraction of sp³-hybridized carbons (Fsp3) is 0.429. The van der Waals surface area contributed by atoms with Crippen LogP contribution in [0.3, 0.4) is 0 Å². The molecule has 1 aromatic rings. The van der Waals surface area contributed by atoms with E-state index in [0.717, 1.165) is 4.31 Å². The molecule has 1 aromatic heterocycles. The molecular formula is C7H11N3O4S. The molecule has 1 heterocycles. The van der Waals surface area contributed by atoms with Crippen molar-refractivity contribution in [3.05, 3.63) is 18.0 Å². The van der Waals surface area contributed by atoms with Gasteiger partial charge in [-0.1, -0.05) is 0 Å². The van der Waals surface area contributed by atoms with Crippen molar-refractivity contribution in [3.63, 3.8) is 0 Å². The molecular weight excluding hydrogens is 222 g/mol. The van der Waals surface area contributed by atoms with Gasteiger partial charge in [0.15, 0.2) is 5.75 Å². The fourth-order valence-electron chi connectivity index (χ4n) is 0.986. The Balaban J connectivity index is 2.68. The fourth-order valence-corrected chi connectivity index (χ4v) is 1.86. The van der Waals surface area contributed by atoms with Gasteiger partial charge in [0.1, 0.15) is 0 Å². The second-order valence-electron chi connectivity index (χ2n) is 3.01.